The van der Waals surface area contributed by atoms with Crippen molar-refractivity contribution < 1.29 is 14.1 Å². The zero-order valence-electron chi connectivity index (χ0n) is 10.8. The number of unbranched alkanes of at least 4 members (excludes halogenated alkanes) is 1. The van der Waals surface area contributed by atoms with Gasteiger partial charge >= 0.3 is 0 Å². The average molecular weight is 253 g/mol. The van der Waals surface area contributed by atoms with E-state index in [2.05, 4.69) is 15.8 Å². The smallest absolute Gasteiger partial charge is 0.227 e. The first-order chi connectivity index (χ1) is 8.61. The molecule has 0 aliphatic heterocycles. The fourth-order valence-corrected chi connectivity index (χ4v) is 1.37. The number of hydrogen-bond donors (Lipinski definition) is 2. The van der Waals surface area contributed by atoms with Crippen LogP contribution in [0, 0.1) is 6.92 Å². The van der Waals surface area contributed by atoms with Gasteiger partial charge in [0.1, 0.15) is 5.76 Å². The molecule has 0 fully saturated rings. The van der Waals surface area contributed by atoms with Crippen LogP contribution in [-0.2, 0) is 9.59 Å². The SMILES string of the molecule is CCCCC(=O)NCCC(=O)Nc1cc(C)on1. The van der Waals surface area contributed by atoms with Gasteiger partial charge in [0.05, 0.1) is 0 Å². The first-order valence-electron chi connectivity index (χ1n) is 6.11. The van der Waals surface area contributed by atoms with Gasteiger partial charge in [0, 0.05) is 25.5 Å². The molecule has 0 aliphatic carbocycles. The first kappa shape index (κ1) is 14.2. The summed E-state index contributed by atoms with van der Waals surface area (Å²) in [6.07, 6.45) is 2.60. The Balaban J connectivity index is 2.15. The molecule has 0 bridgehead atoms. The van der Waals surface area contributed by atoms with E-state index in [1.807, 2.05) is 6.92 Å². The number of anilines is 1. The molecule has 0 unspecified atom stereocenters. The summed E-state index contributed by atoms with van der Waals surface area (Å²) < 4.78 is 4.82. The van der Waals surface area contributed by atoms with Gasteiger partial charge in [-0.2, -0.15) is 0 Å². The highest BCUT2D eigenvalue weighted by atomic mass is 16.5. The predicted octanol–water partition coefficient (Wildman–Crippen LogP) is 1.62. The summed E-state index contributed by atoms with van der Waals surface area (Å²) >= 11 is 0. The molecule has 2 amide bonds. The van der Waals surface area contributed by atoms with Gasteiger partial charge in [-0.25, -0.2) is 0 Å². The van der Waals surface area contributed by atoms with Crippen molar-refractivity contribution in [3.05, 3.63) is 11.8 Å². The minimum atomic E-state index is -0.195. The van der Waals surface area contributed by atoms with E-state index in [0.29, 0.717) is 24.5 Å². The molecule has 0 radical (unpaired) electrons. The molecule has 1 aromatic heterocycles. The van der Waals surface area contributed by atoms with Crippen LogP contribution < -0.4 is 10.6 Å². The maximum atomic E-state index is 11.5. The number of amides is 2. The van der Waals surface area contributed by atoms with Gasteiger partial charge in [0.25, 0.3) is 0 Å². The molecule has 1 heterocycles. The number of aryl methyl sites for hydroxylation is 1. The van der Waals surface area contributed by atoms with Crippen LogP contribution >= 0.6 is 0 Å². The van der Waals surface area contributed by atoms with E-state index < -0.39 is 0 Å². The Morgan fingerprint density at radius 2 is 2.11 bits per heavy atom. The molecule has 0 spiro atoms. The highest BCUT2D eigenvalue weighted by molar-refractivity contribution is 5.90. The normalized spacial score (nSPS) is 10.1. The van der Waals surface area contributed by atoms with Crippen LogP contribution in [0.1, 0.15) is 38.4 Å². The highest BCUT2D eigenvalue weighted by Crippen LogP contribution is 2.06. The minimum Gasteiger partial charge on any atom is -0.360 e. The van der Waals surface area contributed by atoms with E-state index in [0.717, 1.165) is 12.8 Å². The molecule has 0 saturated carbocycles. The lowest BCUT2D eigenvalue weighted by Gasteiger charge is -2.04. The van der Waals surface area contributed by atoms with Crippen molar-refractivity contribution in [3.8, 4) is 0 Å². The van der Waals surface area contributed by atoms with E-state index in [1.165, 1.54) is 0 Å². The highest BCUT2D eigenvalue weighted by Gasteiger charge is 2.06. The molecule has 1 aromatic rings. The Hall–Kier alpha value is -1.85. The second-order valence-corrected chi connectivity index (χ2v) is 4.07. The van der Waals surface area contributed by atoms with Gasteiger partial charge in [-0.05, 0) is 13.3 Å². The second-order valence-electron chi connectivity index (χ2n) is 4.07. The van der Waals surface area contributed by atoms with Crippen molar-refractivity contribution >= 4 is 17.6 Å². The van der Waals surface area contributed by atoms with Gasteiger partial charge in [-0.1, -0.05) is 18.5 Å². The number of aromatic nitrogens is 1. The number of nitrogens with one attached hydrogen (secondary N) is 2. The molecule has 0 saturated heterocycles. The van der Waals surface area contributed by atoms with Gasteiger partial charge < -0.3 is 15.2 Å². The maximum Gasteiger partial charge on any atom is 0.227 e. The Morgan fingerprint density at radius 1 is 1.33 bits per heavy atom. The lowest BCUT2D eigenvalue weighted by molar-refractivity contribution is -0.121. The van der Waals surface area contributed by atoms with Gasteiger partial charge in [-0.15, -0.1) is 0 Å². The fourth-order valence-electron chi connectivity index (χ4n) is 1.37. The Kier molecular flexibility index (Phi) is 5.90. The van der Waals surface area contributed by atoms with Crippen LogP contribution in [0.3, 0.4) is 0 Å². The number of hydrogen-bond acceptors (Lipinski definition) is 4. The lowest BCUT2D eigenvalue weighted by Crippen LogP contribution is -2.27. The third kappa shape index (κ3) is 5.47. The van der Waals surface area contributed by atoms with Crippen LogP contribution in [-0.4, -0.2) is 23.5 Å². The van der Waals surface area contributed by atoms with Crippen LogP contribution in [0.5, 0.6) is 0 Å². The summed E-state index contributed by atoms with van der Waals surface area (Å²) in [5.74, 6) is 0.828. The van der Waals surface area contributed by atoms with Gasteiger partial charge in [-0.3, -0.25) is 9.59 Å². The van der Waals surface area contributed by atoms with E-state index in [9.17, 15) is 9.59 Å². The summed E-state index contributed by atoms with van der Waals surface area (Å²) in [6.45, 7) is 4.11. The minimum absolute atomic E-state index is 0.0121. The Morgan fingerprint density at radius 3 is 2.72 bits per heavy atom. The van der Waals surface area contributed by atoms with Crippen molar-refractivity contribution in [2.75, 3.05) is 11.9 Å². The van der Waals surface area contributed by atoms with Gasteiger partial charge in [0.15, 0.2) is 5.82 Å². The number of carbonyl (C=O) groups excluding carboxylic acids is 2. The number of carbonyl (C=O) groups is 2. The topological polar surface area (TPSA) is 84.2 Å². The number of rotatable bonds is 7. The van der Waals surface area contributed by atoms with Crippen molar-refractivity contribution in [3.63, 3.8) is 0 Å². The van der Waals surface area contributed by atoms with Crippen molar-refractivity contribution in [2.45, 2.75) is 39.5 Å². The molecule has 18 heavy (non-hydrogen) atoms. The van der Waals surface area contributed by atoms with Crippen molar-refractivity contribution in [1.29, 1.82) is 0 Å². The maximum absolute atomic E-state index is 11.5. The summed E-state index contributed by atoms with van der Waals surface area (Å²) in [6, 6.07) is 1.64. The average Bonchev–Trinajstić information content (AvgIpc) is 2.72. The molecule has 2 N–H and O–H groups in total. The third-order valence-electron chi connectivity index (χ3n) is 2.33. The second kappa shape index (κ2) is 7.47. The predicted molar refractivity (Wildman–Crippen MR) is 67.0 cm³/mol. The monoisotopic (exact) mass is 253 g/mol. The molecule has 1 rings (SSSR count). The molecule has 6 heteroatoms. The van der Waals surface area contributed by atoms with E-state index in [-0.39, 0.29) is 18.2 Å². The molecule has 0 aliphatic rings. The molecular weight excluding hydrogens is 234 g/mol. The van der Waals surface area contributed by atoms with E-state index in [1.54, 1.807) is 13.0 Å². The fraction of sp³-hybridized carbons (Fsp3) is 0.583. The van der Waals surface area contributed by atoms with Crippen molar-refractivity contribution in [1.82, 2.24) is 10.5 Å². The van der Waals surface area contributed by atoms with Crippen LogP contribution in [0.25, 0.3) is 0 Å². The standard InChI is InChI=1S/C12H19N3O3/c1-3-4-5-11(16)13-7-6-12(17)14-10-8-9(2)18-15-10/h8H,3-7H2,1-2H3,(H,13,16)(H,14,15,17). The van der Waals surface area contributed by atoms with Gasteiger partial charge in [0.2, 0.25) is 11.8 Å². The lowest BCUT2D eigenvalue weighted by atomic mass is 10.2. The van der Waals surface area contributed by atoms with Crippen molar-refractivity contribution in [2.24, 2.45) is 0 Å². The quantitative estimate of drug-likeness (QED) is 0.773. The van der Waals surface area contributed by atoms with E-state index >= 15 is 0 Å². The Labute approximate surface area is 106 Å². The molecule has 100 valence electrons. The summed E-state index contributed by atoms with van der Waals surface area (Å²) in [5.41, 5.74) is 0. The largest absolute Gasteiger partial charge is 0.360 e. The summed E-state index contributed by atoms with van der Waals surface area (Å²) in [5, 5.41) is 8.93. The number of nitrogens with zero attached hydrogens (tertiary/aromatic N) is 1. The van der Waals surface area contributed by atoms with Crippen LogP contribution in [0.4, 0.5) is 5.82 Å². The zero-order valence-corrected chi connectivity index (χ0v) is 10.8. The molecular formula is C12H19N3O3. The van der Waals surface area contributed by atoms with Crippen LogP contribution in [0.2, 0.25) is 0 Å². The van der Waals surface area contributed by atoms with E-state index in [4.69, 9.17) is 4.52 Å². The molecule has 0 aromatic carbocycles. The summed E-state index contributed by atoms with van der Waals surface area (Å²) in [4.78, 5) is 22.7. The third-order valence-corrected chi connectivity index (χ3v) is 2.33. The molecule has 0 atom stereocenters. The first-order valence-corrected chi connectivity index (χ1v) is 6.11. The molecule has 6 nitrogen and oxygen atoms in total. The summed E-state index contributed by atoms with van der Waals surface area (Å²) in [7, 11) is 0. The Bertz CT molecular complexity index is 401. The zero-order chi connectivity index (χ0) is 13.4. The van der Waals surface area contributed by atoms with Crippen LogP contribution in [0.15, 0.2) is 10.6 Å².